The third-order valence-corrected chi connectivity index (χ3v) is 6.69. The van der Waals surface area contributed by atoms with Gasteiger partial charge in [-0.2, -0.15) is 0 Å². The summed E-state index contributed by atoms with van der Waals surface area (Å²) in [7, 11) is 0. The summed E-state index contributed by atoms with van der Waals surface area (Å²) in [6.07, 6.45) is -1.67. The van der Waals surface area contributed by atoms with E-state index in [0.717, 1.165) is 36.2 Å². The molecule has 0 saturated heterocycles. The lowest BCUT2D eigenvalue weighted by atomic mass is 9.70. The second-order valence-corrected chi connectivity index (χ2v) is 10.3. The highest BCUT2D eigenvalue weighted by Crippen LogP contribution is 2.46. The third kappa shape index (κ3) is 5.05. The second kappa shape index (κ2) is 8.64. The first kappa shape index (κ1) is 24.1. The van der Waals surface area contributed by atoms with E-state index in [-0.39, 0.29) is 28.7 Å². The first-order valence-corrected chi connectivity index (χ1v) is 11.4. The average molecular weight is 475 g/mol. The van der Waals surface area contributed by atoms with Crippen LogP contribution in [0.4, 0.5) is 13.2 Å². The number of nitrogens with zero attached hydrogens (tertiary/aromatic N) is 2. The van der Waals surface area contributed by atoms with Gasteiger partial charge in [-0.25, -0.2) is 9.78 Å². The molecule has 0 radical (unpaired) electrons. The number of ether oxygens (including phenoxy) is 1. The normalized spacial score (nSPS) is 21.4. The molecule has 1 N–H and O–H groups in total. The topological polar surface area (TPSA) is 64.4 Å². The minimum absolute atomic E-state index is 0.150. The van der Waals surface area contributed by atoms with E-state index in [0.29, 0.717) is 11.4 Å². The van der Waals surface area contributed by atoms with E-state index in [1.807, 2.05) is 13.0 Å². The molecule has 1 heterocycles. The van der Waals surface area contributed by atoms with Crippen LogP contribution in [-0.4, -0.2) is 27.0 Å². The van der Waals surface area contributed by atoms with Gasteiger partial charge in [-0.3, -0.25) is 0 Å². The fourth-order valence-electron chi connectivity index (χ4n) is 5.54. The van der Waals surface area contributed by atoms with Crippen LogP contribution in [0.5, 0.6) is 5.75 Å². The SMILES string of the molecule is C[C@H]1C[C@@H](n2c([C@H](C)c3ccc(OC(F)(F)F)cc3)nc3cc(C(=O)O)ccc32)CC(C)(C)C1. The average Bonchev–Trinajstić information content (AvgIpc) is 3.10. The van der Waals surface area contributed by atoms with Crippen LogP contribution in [0.3, 0.4) is 0 Å². The van der Waals surface area contributed by atoms with E-state index in [9.17, 15) is 23.1 Å². The minimum atomic E-state index is -4.74. The Morgan fingerprint density at radius 1 is 1.18 bits per heavy atom. The summed E-state index contributed by atoms with van der Waals surface area (Å²) in [6, 6.07) is 11.0. The van der Waals surface area contributed by atoms with Gasteiger partial charge < -0.3 is 14.4 Å². The van der Waals surface area contributed by atoms with Crippen LogP contribution in [0.1, 0.15) is 80.7 Å². The maximum Gasteiger partial charge on any atom is 0.573 e. The Balaban J connectivity index is 1.79. The zero-order valence-corrected chi connectivity index (χ0v) is 19.7. The number of hydrogen-bond acceptors (Lipinski definition) is 3. The maximum atomic E-state index is 12.5. The number of carboxylic acid groups (broad SMARTS) is 1. The highest BCUT2D eigenvalue weighted by molar-refractivity contribution is 5.92. The zero-order chi connectivity index (χ0) is 24.8. The lowest BCUT2D eigenvalue weighted by Crippen LogP contribution is -2.30. The molecule has 1 fully saturated rings. The summed E-state index contributed by atoms with van der Waals surface area (Å²) < 4.78 is 43.9. The van der Waals surface area contributed by atoms with Gasteiger partial charge in [0.15, 0.2) is 0 Å². The maximum absolute atomic E-state index is 12.5. The molecular formula is C26H29F3N2O3. The van der Waals surface area contributed by atoms with Crippen molar-refractivity contribution in [1.82, 2.24) is 9.55 Å². The van der Waals surface area contributed by atoms with Gasteiger partial charge in [0.2, 0.25) is 0 Å². The predicted molar refractivity (Wildman–Crippen MR) is 123 cm³/mol. The first-order chi connectivity index (χ1) is 15.8. The number of alkyl halides is 3. The standard InChI is InChI=1S/C26H29F3N2O3/c1-15-11-19(14-25(3,4)13-15)31-22-10-7-18(24(32)33)12-21(22)30-23(31)16(2)17-5-8-20(9-6-17)34-26(27,28)29/h5-10,12,15-16,19H,11,13-14H2,1-4H3,(H,32,33)/t15-,16+,19+/m0/s1. The van der Waals surface area contributed by atoms with Crippen molar-refractivity contribution >= 4 is 17.0 Å². The van der Waals surface area contributed by atoms with Crippen molar-refractivity contribution in [3.05, 3.63) is 59.4 Å². The van der Waals surface area contributed by atoms with Crippen molar-refractivity contribution < 1.29 is 27.8 Å². The fourth-order valence-corrected chi connectivity index (χ4v) is 5.54. The molecular weight excluding hydrogens is 445 g/mol. The minimum Gasteiger partial charge on any atom is -0.478 e. The van der Waals surface area contributed by atoms with Crippen molar-refractivity contribution in [2.45, 2.75) is 65.3 Å². The van der Waals surface area contributed by atoms with Crippen LogP contribution < -0.4 is 4.74 Å². The van der Waals surface area contributed by atoms with E-state index < -0.39 is 12.3 Å². The summed E-state index contributed by atoms with van der Waals surface area (Å²) in [5.41, 5.74) is 2.60. The number of imidazole rings is 1. The van der Waals surface area contributed by atoms with Crippen LogP contribution in [-0.2, 0) is 0 Å². The van der Waals surface area contributed by atoms with Gasteiger partial charge in [-0.15, -0.1) is 13.2 Å². The van der Waals surface area contributed by atoms with Gasteiger partial charge in [0.1, 0.15) is 11.6 Å². The van der Waals surface area contributed by atoms with Crippen molar-refractivity contribution in [3.8, 4) is 5.75 Å². The van der Waals surface area contributed by atoms with E-state index in [1.165, 1.54) is 12.1 Å². The Bertz CT molecular complexity index is 1200. The monoisotopic (exact) mass is 474 g/mol. The van der Waals surface area contributed by atoms with Crippen LogP contribution in [0.2, 0.25) is 0 Å². The molecule has 8 heteroatoms. The van der Waals surface area contributed by atoms with Crippen molar-refractivity contribution in [2.24, 2.45) is 11.3 Å². The molecule has 1 aromatic heterocycles. The molecule has 3 aromatic rings. The summed E-state index contributed by atoms with van der Waals surface area (Å²) in [5, 5.41) is 9.44. The van der Waals surface area contributed by atoms with E-state index in [4.69, 9.17) is 4.98 Å². The van der Waals surface area contributed by atoms with Gasteiger partial charge in [0, 0.05) is 12.0 Å². The predicted octanol–water partition coefficient (Wildman–Crippen LogP) is 7.17. The Morgan fingerprint density at radius 3 is 2.44 bits per heavy atom. The number of hydrogen-bond donors (Lipinski definition) is 1. The van der Waals surface area contributed by atoms with Crippen LogP contribution in [0, 0.1) is 11.3 Å². The summed E-state index contributed by atoms with van der Waals surface area (Å²) in [6.45, 7) is 8.74. The van der Waals surface area contributed by atoms with Crippen molar-refractivity contribution in [2.75, 3.05) is 0 Å². The van der Waals surface area contributed by atoms with Crippen molar-refractivity contribution in [3.63, 3.8) is 0 Å². The quantitative estimate of drug-likeness (QED) is 0.426. The van der Waals surface area contributed by atoms with Crippen LogP contribution >= 0.6 is 0 Å². The van der Waals surface area contributed by atoms with E-state index in [2.05, 4.69) is 30.1 Å². The Kier molecular flexibility index (Phi) is 6.12. The number of carboxylic acids is 1. The Hall–Kier alpha value is -3.03. The van der Waals surface area contributed by atoms with Gasteiger partial charge >= 0.3 is 12.3 Å². The van der Waals surface area contributed by atoms with Crippen molar-refractivity contribution in [1.29, 1.82) is 0 Å². The number of benzene rings is 2. The lowest BCUT2D eigenvalue weighted by Gasteiger charge is -2.40. The number of rotatable bonds is 5. The molecule has 1 saturated carbocycles. The molecule has 0 spiro atoms. The van der Waals surface area contributed by atoms with Gasteiger partial charge in [-0.05, 0) is 66.5 Å². The third-order valence-electron chi connectivity index (χ3n) is 6.69. The first-order valence-electron chi connectivity index (χ1n) is 11.4. The van der Waals surface area contributed by atoms with E-state index >= 15 is 0 Å². The molecule has 0 amide bonds. The molecule has 0 aliphatic heterocycles. The molecule has 4 rings (SSSR count). The van der Waals surface area contributed by atoms with Gasteiger partial charge in [-0.1, -0.05) is 39.8 Å². The largest absolute Gasteiger partial charge is 0.573 e. The molecule has 1 aliphatic rings. The zero-order valence-electron chi connectivity index (χ0n) is 19.7. The molecule has 0 bridgehead atoms. The highest BCUT2D eigenvalue weighted by Gasteiger charge is 2.35. The summed E-state index contributed by atoms with van der Waals surface area (Å²) in [4.78, 5) is 16.4. The lowest BCUT2D eigenvalue weighted by molar-refractivity contribution is -0.274. The summed E-state index contributed by atoms with van der Waals surface area (Å²) >= 11 is 0. The number of fused-ring (bicyclic) bond motifs is 1. The Morgan fingerprint density at radius 2 is 1.85 bits per heavy atom. The second-order valence-electron chi connectivity index (χ2n) is 10.3. The fraction of sp³-hybridized carbons (Fsp3) is 0.462. The number of halogens is 3. The molecule has 3 atom stereocenters. The molecule has 34 heavy (non-hydrogen) atoms. The molecule has 182 valence electrons. The summed E-state index contributed by atoms with van der Waals surface area (Å²) in [5.74, 6) is -0.214. The smallest absolute Gasteiger partial charge is 0.478 e. The van der Waals surface area contributed by atoms with Gasteiger partial charge in [0.25, 0.3) is 0 Å². The number of carbonyl (C=O) groups is 1. The highest BCUT2D eigenvalue weighted by atomic mass is 19.4. The number of aromatic nitrogens is 2. The van der Waals surface area contributed by atoms with Crippen LogP contribution in [0.15, 0.2) is 42.5 Å². The van der Waals surface area contributed by atoms with E-state index in [1.54, 1.807) is 24.3 Å². The Labute approximate surface area is 196 Å². The molecule has 1 aliphatic carbocycles. The number of aromatic carboxylic acids is 1. The van der Waals surface area contributed by atoms with Gasteiger partial charge in [0.05, 0.1) is 16.6 Å². The van der Waals surface area contributed by atoms with Crippen LogP contribution in [0.25, 0.3) is 11.0 Å². The molecule has 2 aromatic carbocycles. The molecule has 5 nitrogen and oxygen atoms in total. The molecule has 0 unspecified atom stereocenters.